The average molecular weight is 607 g/mol. The van der Waals surface area contributed by atoms with Gasteiger partial charge in [0.05, 0.1) is 24.4 Å². The zero-order valence-electron chi connectivity index (χ0n) is 26.1. The summed E-state index contributed by atoms with van der Waals surface area (Å²) in [6, 6.07) is 26.6. The number of aromatic amines is 1. The lowest BCUT2D eigenvalue weighted by Crippen LogP contribution is -2.54. The van der Waals surface area contributed by atoms with Gasteiger partial charge in [-0.05, 0) is 98.6 Å². The lowest BCUT2D eigenvalue weighted by atomic mass is 9.90. The minimum atomic E-state index is -0.652. The number of Topliss-reactive ketones (excluding diaryl/α,β-unsaturated/α-hetero) is 2. The van der Waals surface area contributed by atoms with Crippen molar-refractivity contribution in [3.63, 3.8) is 0 Å². The molecule has 1 aromatic heterocycles. The van der Waals surface area contributed by atoms with Crippen LogP contribution in [-0.4, -0.2) is 65.0 Å². The number of anilines is 3. The van der Waals surface area contributed by atoms with Crippen LogP contribution in [0, 0.1) is 0 Å². The van der Waals surface area contributed by atoms with Gasteiger partial charge in [0, 0.05) is 54.4 Å². The predicted molar refractivity (Wildman–Crippen MR) is 175 cm³/mol. The molecule has 1 fully saturated rings. The normalized spacial score (nSPS) is 14.2. The van der Waals surface area contributed by atoms with Crippen LogP contribution in [0.5, 0.6) is 0 Å². The van der Waals surface area contributed by atoms with E-state index in [2.05, 4.69) is 51.1 Å². The third-order valence-corrected chi connectivity index (χ3v) is 8.07. The molecule has 5 rings (SSSR count). The monoisotopic (exact) mass is 606 g/mol. The number of hydrogen-bond donors (Lipinski definition) is 1. The molecule has 0 spiro atoms. The number of H-pyrrole nitrogens is 1. The minimum absolute atomic E-state index is 0.00443. The maximum absolute atomic E-state index is 13.6. The number of carbonyl (C=O) groups is 3. The Morgan fingerprint density at radius 3 is 1.93 bits per heavy atom. The van der Waals surface area contributed by atoms with Gasteiger partial charge in [-0.2, -0.15) is 0 Å². The van der Waals surface area contributed by atoms with Crippen molar-refractivity contribution in [2.45, 2.75) is 39.7 Å². The maximum atomic E-state index is 13.6. The van der Waals surface area contributed by atoms with E-state index in [4.69, 9.17) is 9.57 Å². The van der Waals surface area contributed by atoms with Crippen molar-refractivity contribution in [2.24, 2.45) is 5.16 Å². The Kier molecular flexibility index (Phi) is 9.71. The van der Waals surface area contributed by atoms with Crippen molar-refractivity contribution < 1.29 is 24.0 Å². The SMILES string of the molecule is CCc1ccc(N(c2ccc(C(=O)/C(=N/OC(C)=O)c3ccc[nH]3)cc2)c2ccc(C(=O)C(C)(C)N3CCOCC3)cc2)cc1. The quantitative estimate of drug-likeness (QED) is 0.0901. The fraction of sp³-hybridized carbons (Fsp3) is 0.278. The van der Waals surface area contributed by atoms with E-state index in [0.717, 1.165) is 36.6 Å². The number of nitrogens with one attached hydrogen (secondary N) is 1. The summed E-state index contributed by atoms with van der Waals surface area (Å²) in [5.41, 5.74) is 4.64. The van der Waals surface area contributed by atoms with E-state index in [0.29, 0.717) is 30.0 Å². The van der Waals surface area contributed by atoms with Gasteiger partial charge >= 0.3 is 5.97 Å². The number of carbonyl (C=O) groups excluding carboxylic acids is 3. The molecule has 0 saturated carbocycles. The number of aryl methyl sites for hydroxylation is 1. The molecule has 232 valence electrons. The average Bonchev–Trinajstić information content (AvgIpc) is 3.60. The number of aromatic nitrogens is 1. The van der Waals surface area contributed by atoms with Crippen molar-refractivity contribution in [1.82, 2.24) is 9.88 Å². The highest BCUT2D eigenvalue weighted by Gasteiger charge is 2.36. The van der Waals surface area contributed by atoms with Gasteiger partial charge in [0.1, 0.15) is 0 Å². The topological polar surface area (TPSA) is 104 Å². The van der Waals surface area contributed by atoms with Gasteiger partial charge in [0.15, 0.2) is 11.5 Å². The van der Waals surface area contributed by atoms with Crippen molar-refractivity contribution in [3.05, 3.63) is 114 Å². The number of nitrogens with zero attached hydrogens (tertiary/aromatic N) is 3. The van der Waals surface area contributed by atoms with Crippen LogP contribution in [0.1, 0.15) is 59.7 Å². The third-order valence-electron chi connectivity index (χ3n) is 8.07. The summed E-state index contributed by atoms with van der Waals surface area (Å²) in [7, 11) is 0. The van der Waals surface area contributed by atoms with Gasteiger partial charge in [-0.3, -0.25) is 14.5 Å². The molecule has 9 nitrogen and oxygen atoms in total. The predicted octanol–water partition coefficient (Wildman–Crippen LogP) is 6.49. The van der Waals surface area contributed by atoms with Gasteiger partial charge in [0.2, 0.25) is 5.78 Å². The molecule has 0 aliphatic carbocycles. The van der Waals surface area contributed by atoms with Gasteiger partial charge in [-0.1, -0.05) is 24.2 Å². The first-order valence-electron chi connectivity index (χ1n) is 15.1. The number of morpholine rings is 1. The minimum Gasteiger partial charge on any atom is -0.379 e. The fourth-order valence-corrected chi connectivity index (χ4v) is 5.41. The summed E-state index contributed by atoms with van der Waals surface area (Å²) in [5.74, 6) is -0.954. The van der Waals surface area contributed by atoms with Crippen LogP contribution in [0.2, 0.25) is 0 Å². The highest BCUT2D eigenvalue weighted by atomic mass is 16.7. The summed E-state index contributed by atoms with van der Waals surface area (Å²) < 4.78 is 5.49. The molecule has 9 heteroatoms. The molecular formula is C36H38N4O5. The molecule has 0 radical (unpaired) electrons. The van der Waals surface area contributed by atoms with E-state index < -0.39 is 17.3 Å². The lowest BCUT2D eigenvalue weighted by molar-refractivity contribution is -0.140. The van der Waals surface area contributed by atoms with Crippen LogP contribution in [-0.2, 0) is 20.8 Å². The summed E-state index contributed by atoms with van der Waals surface area (Å²) >= 11 is 0. The highest BCUT2D eigenvalue weighted by Crippen LogP contribution is 2.35. The zero-order chi connectivity index (χ0) is 32.0. The number of ketones is 2. The number of ether oxygens (including phenoxy) is 1. The zero-order valence-corrected chi connectivity index (χ0v) is 26.1. The fourth-order valence-electron chi connectivity index (χ4n) is 5.41. The summed E-state index contributed by atoms with van der Waals surface area (Å²) in [4.78, 5) is 50.5. The molecule has 0 atom stereocenters. The third kappa shape index (κ3) is 7.11. The molecule has 45 heavy (non-hydrogen) atoms. The van der Waals surface area contributed by atoms with Crippen molar-refractivity contribution in [3.8, 4) is 0 Å². The van der Waals surface area contributed by atoms with Crippen molar-refractivity contribution >= 4 is 40.3 Å². The van der Waals surface area contributed by atoms with Crippen LogP contribution in [0.3, 0.4) is 0 Å². The molecule has 1 saturated heterocycles. The first-order chi connectivity index (χ1) is 21.7. The second-order valence-corrected chi connectivity index (χ2v) is 11.4. The molecule has 1 N–H and O–H groups in total. The van der Waals surface area contributed by atoms with Gasteiger partial charge in [-0.25, -0.2) is 4.79 Å². The standard InChI is InChI=1S/C36H38N4O5/c1-5-26-8-14-29(15-9-26)40(31-18-12-28(13-19-31)35(43)36(3,4)39-21-23-44-24-22-39)30-16-10-27(11-17-30)34(42)33(38-45-25(2)41)32-7-6-20-37-32/h6-20,37H,5,21-24H2,1-4H3/b38-33+. The van der Waals surface area contributed by atoms with E-state index in [1.165, 1.54) is 12.5 Å². The molecule has 0 unspecified atom stereocenters. The molecule has 0 bridgehead atoms. The van der Waals surface area contributed by atoms with Gasteiger partial charge in [0.25, 0.3) is 0 Å². The van der Waals surface area contributed by atoms with Gasteiger partial charge in [-0.15, -0.1) is 0 Å². The molecule has 3 aromatic carbocycles. The maximum Gasteiger partial charge on any atom is 0.332 e. The number of hydrogen-bond acceptors (Lipinski definition) is 8. The molecule has 2 heterocycles. The van der Waals surface area contributed by atoms with Crippen molar-refractivity contribution in [1.29, 1.82) is 0 Å². The lowest BCUT2D eigenvalue weighted by Gasteiger charge is -2.39. The highest BCUT2D eigenvalue weighted by molar-refractivity contribution is 6.51. The van der Waals surface area contributed by atoms with E-state index in [-0.39, 0.29) is 11.5 Å². The molecule has 1 aliphatic rings. The number of oxime groups is 1. The van der Waals surface area contributed by atoms with Crippen LogP contribution in [0.25, 0.3) is 0 Å². The van der Waals surface area contributed by atoms with E-state index >= 15 is 0 Å². The Balaban J connectivity index is 1.46. The summed E-state index contributed by atoms with van der Waals surface area (Å²) in [6.45, 7) is 9.97. The van der Waals surface area contributed by atoms with Crippen LogP contribution < -0.4 is 4.90 Å². The number of benzene rings is 3. The van der Waals surface area contributed by atoms with Crippen molar-refractivity contribution in [2.75, 3.05) is 31.2 Å². The second-order valence-electron chi connectivity index (χ2n) is 11.4. The Morgan fingerprint density at radius 1 is 0.867 bits per heavy atom. The van der Waals surface area contributed by atoms with Crippen LogP contribution in [0.4, 0.5) is 17.1 Å². The van der Waals surface area contributed by atoms with Crippen LogP contribution in [0.15, 0.2) is 96.3 Å². The molecule has 0 amide bonds. The largest absolute Gasteiger partial charge is 0.379 e. The molecular weight excluding hydrogens is 568 g/mol. The smallest absolute Gasteiger partial charge is 0.332 e. The first-order valence-corrected chi connectivity index (χ1v) is 15.1. The Labute approximate surface area is 263 Å². The molecule has 1 aliphatic heterocycles. The second kappa shape index (κ2) is 13.8. The van der Waals surface area contributed by atoms with Crippen LogP contribution >= 0.6 is 0 Å². The Bertz CT molecular complexity index is 1650. The Morgan fingerprint density at radius 2 is 1.42 bits per heavy atom. The van der Waals surface area contributed by atoms with E-state index in [1.54, 1.807) is 30.5 Å². The first kappa shape index (κ1) is 31.6. The summed E-state index contributed by atoms with van der Waals surface area (Å²) in [5, 5.41) is 3.82. The van der Waals surface area contributed by atoms with E-state index in [1.807, 2.05) is 50.2 Å². The van der Waals surface area contributed by atoms with Gasteiger partial charge < -0.3 is 19.5 Å². The Hall–Kier alpha value is -4.86. The summed E-state index contributed by atoms with van der Waals surface area (Å²) in [6.07, 6.45) is 2.59. The van der Waals surface area contributed by atoms with E-state index in [9.17, 15) is 14.4 Å². The number of rotatable bonds is 11. The molecule has 4 aromatic rings.